The predicted octanol–water partition coefficient (Wildman–Crippen LogP) is 2.32. The van der Waals surface area contributed by atoms with Crippen molar-refractivity contribution in [2.24, 2.45) is 5.41 Å². The van der Waals surface area contributed by atoms with Crippen LogP contribution in [0.4, 0.5) is 4.39 Å². The maximum Gasteiger partial charge on any atom is 0.312 e. The van der Waals surface area contributed by atoms with E-state index < -0.39 is 18.1 Å². The zero-order valence-corrected chi connectivity index (χ0v) is 10.3. The monoisotopic (exact) mass is 251 g/mol. The Morgan fingerprint density at radius 2 is 1.89 bits per heavy atom. The summed E-state index contributed by atoms with van der Waals surface area (Å²) in [5.74, 6) is -0.996. The molecule has 98 valence electrons. The topological polar surface area (TPSA) is 40.5 Å². The second-order valence-corrected chi connectivity index (χ2v) is 4.98. The molecule has 4 heteroatoms. The largest absolute Gasteiger partial charge is 0.481 e. The van der Waals surface area contributed by atoms with Crippen molar-refractivity contribution in [1.82, 2.24) is 4.90 Å². The van der Waals surface area contributed by atoms with Crippen LogP contribution in [0, 0.1) is 5.41 Å². The van der Waals surface area contributed by atoms with Crippen molar-refractivity contribution in [2.75, 3.05) is 19.8 Å². The van der Waals surface area contributed by atoms with E-state index in [1.807, 2.05) is 30.3 Å². The SMILES string of the molecule is O=C(O)C1(CF)CCN(Cc2ccccc2)CC1. The molecule has 1 fully saturated rings. The summed E-state index contributed by atoms with van der Waals surface area (Å²) in [4.78, 5) is 13.3. The van der Waals surface area contributed by atoms with Gasteiger partial charge in [0.1, 0.15) is 6.67 Å². The second-order valence-electron chi connectivity index (χ2n) is 4.98. The highest BCUT2D eigenvalue weighted by Gasteiger charge is 2.41. The van der Waals surface area contributed by atoms with Gasteiger partial charge in [-0.1, -0.05) is 30.3 Å². The minimum absolute atomic E-state index is 0.395. The molecule has 0 saturated carbocycles. The normalized spacial score (nSPS) is 19.6. The molecular weight excluding hydrogens is 233 g/mol. The van der Waals surface area contributed by atoms with Crippen molar-refractivity contribution < 1.29 is 14.3 Å². The van der Waals surface area contributed by atoms with Crippen LogP contribution in [0.5, 0.6) is 0 Å². The number of alkyl halides is 1. The van der Waals surface area contributed by atoms with E-state index >= 15 is 0 Å². The van der Waals surface area contributed by atoms with Crippen LogP contribution >= 0.6 is 0 Å². The molecule has 1 aromatic rings. The van der Waals surface area contributed by atoms with E-state index in [1.54, 1.807) is 0 Å². The fraction of sp³-hybridized carbons (Fsp3) is 0.500. The third-order valence-corrected chi connectivity index (χ3v) is 3.77. The van der Waals surface area contributed by atoms with Crippen molar-refractivity contribution >= 4 is 5.97 Å². The summed E-state index contributed by atoms with van der Waals surface area (Å²) < 4.78 is 12.9. The van der Waals surface area contributed by atoms with Gasteiger partial charge in [0.2, 0.25) is 0 Å². The smallest absolute Gasteiger partial charge is 0.312 e. The highest BCUT2D eigenvalue weighted by Crippen LogP contribution is 2.32. The number of piperidine rings is 1. The number of carbonyl (C=O) groups is 1. The van der Waals surface area contributed by atoms with E-state index in [4.69, 9.17) is 5.11 Å². The van der Waals surface area contributed by atoms with Crippen LogP contribution in [0.25, 0.3) is 0 Å². The number of hydrogen-bond acceptors (Lipinski definition) is 2. The van der Waals surface area contributed by atoms with Gasteiger partial charge in [0, 0.05) is 6.54 Å². The van der Waals surface area contributed by atoms with Crippen LogP contribution < -0.4 is 0 Å². The number of likely N-dealkylation sites (tertiary alicyclic amines) is 1. The molecule has 0 atom stereocenters. The van der Waals surface area contributed by atoms with Gasteiger partial charge >= 0.3 is 5.97 Å². The summed E-state index contributed by atoms with van der Waals surface area (Å²) in [6, 6.07) is 10.0. The summed E-state index contributed by atoms with van der Waals surface area (Å²) >= 11 is 0. The zero-order chi connectivity index (χ0) is 13.0. The van der Waals surface area contributed by atoms with Gasteiger partial charge in [-0.15, -0.1) is 0 Å². The number of halogens is 1. The van der Waals surface area contributed by atoms with Crippen LogP contribution in [0.15, 0.2) is 30.3 Å². The lowest BCUT2D eigenvalue weighted by atomic mass is 9.79. The molecule has 0 amide bonds. The number of nitrogens with zero attached hydrogens (tertiary/aromatic N) is 1. The molecule has 0 aromatic heterocycles. The van der Waals surface area contributed by atoms with E-state index in [2.05, 4.69) is 4.90 Å². The Hall–Kier alpha value is -1.42. The van der Waals surface area contributed by atoms with Crippen molar-refractivity contribution in [3.05, 3.63) is 35.9 Å². The molecule has 0 radical (unpaired) electrons. The Labute approximate surface area is 106 Å². The first kappa shape index (κ1) is 13.0. The molecule has 1 N–H and O–H groups in total. The number of benzene rings is 1. The van der Waals surface area contributed by atoms with Gasteiger partial charge < -0.3 is 5.11 Å². The van der Waals surface area contributed by atoms with Crippen LogP contribution in [0.2, 0.25) is 0 Å². The fourth-order valence-corrected chi connectivity index (χ4v) is 2.39. The van der Waals surface area contributed by atoms with E-state index in [0.29, 0.717) is 25.9 Å². The van der Waals surface area contributed by atoms with Gasteiger partial charge in [-0.25, -0.2) is 4.39 Å². The number of hydrogen-bond donors (Lipinski definition) is 1. The van der Waals surface area contributed by atoms with Crippen LogP contribution in [-0.4, -0.2) is 35.7 Å². The Kier molecular flexibility index (Phi) is 3.97. The summed E-state index contributed by atoms with van der Waals surface area (Å²) in [6.45, 7) is 1.33. The molecule has 18 heavy (non-hydrogen) atoms. The molecule has 1 aliphatic rings. The first-order chi connectivity index (χ1) is 8.66. The number of aliphatic carboxylic acids is 1. The molecule has 0 bridgehead atoms. The third-order valence-electron chi connectivity index (χ3n) is 3.77. The van der Waals surface area contributed by atoms with Crippen LogP contribution in [0.3, 0.4) is 0 Å². The Balaban J connectivity index is 1.93. The van der Waals surface area contributed by atoms with E-state index in [-0.39, 0.29) is 0 Å². The molecule has 1 aliphatic heterocycles. The van der Waals surface area contributed by atoms with E-state index in [0.717, 1.165) is 6.54 Å². The molecule has 0 spiro atoms. The minimum Gasteiger partial charge on any atom is -0.481 e. The van der Waals surface area contributed by atoms with Crippen molar-refractivity contribution in [1.29, 1.82) is 0 Å². The second kappa shape index (κ2) is 5.48. The number of carboxylic acid groups (broad SMARTS) is 1. The first-order valence-corrected chi connectivity index (χ1v) is 6.22. The highest BCUT2D eigenvalue weighted by molar-refractivity contribution is 5.75. The number of carboxylic acids is 1. The van der Waals surface area contributed by atoms with Crippen molar-refractivity contribution in [3.8, 4) is 0 Å². The molecule has 3 nitrogen and oxygen atoms in total. The zero-order valence-electron chi connectivity index (χ0n) is 10.3. The number of rotatable bonds is 4. The molecular formula is C14H18FNO2. The van der Waals surface area contributed by atoms with Crippen molar-refractivity contribution in [3.63, 3.8) is 0 Å². The first-order valence-electron chi connectivity index (χ1n) is 6.22. The molecule has 2 rings (SSSR count). The summed E-state index contributed by atoms with van der Waals surface area (Å²) in [5, 5.41) is 9.11. The molecule has 0 unspecified atom stereocenters. The van der Waals surface area contributed by atoms with E-state index in [1.165, 1.54) is 5.56 Å². The average molecular weight is 251 g/mol. The van der Waals surface area contributed by atoms with Gasteiger partial charge in [0.15, 0.2) is 0 Å². The summed E-state index contributed by atoms with van der Waals surface area (Å²) in [7, 11) is 0. The lowest BCUT2D eigenvalue weighted by Gasteiger charge is -2.37. The van der Waals surface area contributed by atoms with Crippen LogP contribution in [0.1, 0.15) is 18.4 Å². The fourth-order valence-electron chi connectivity index (χ4n) is 2.39. The van der Waals surface area contributed by atoms with Crippen LogP contribution in [-0.2, 0) is 11.3 Å². The maximum absolute atomic E-state index is 12.9. The van der Waals surface area contributed by atoms with Gasteiger partial charge in [-0.2, -0.15) is 0 Å². The van der Waals surface area contributed by atoms with Gasteiger partial charge in [-0.05, 0) is 31.5 Å². The highest BCUT2D eigenvalue weighted by atomic mass is 19.1. The average Bonchev–Trinajstić information content (AvgIpc) is 2.41. The van der Waals surface area contributed by atoms with Gasteiger partial charge in [0.05, 0.1) is 5.41 Å². The molecule has 0 aliphatic carbocycles. The third kappa shape index (κ3) is 2.70. The Morgan fingerprint density at radius 1 is 1.28 bits per heavy atom. The molecule has 1 saturated heterocycles. The van der Waals surface area contributed by atoms with Gasteiger partial charge in [0.25, 0.3) is 0 Å². The quantitative estimate of drug-likeness (QED) is 0.892. The summed E-state index contributed by atoms with van der Waals surface area (Å²) in [6.07, 6.45) is 0.789. The minimum atomic E-state index is -1.15. The molecule has 1 aromatic carbocycles. The predicted molar refractivity (Wildman–Crippen MR) is 67.0 cm³/mol. The van der Waals surface area contributed by atoms with Gasteiger partial charge in [-0.3, -0.25) is 9.69 Å². The Bertz CT molecular complexity index is 400. The van der Waals surface area contributed by atoms with E-state index in [9.17, 15) is 9.18 Å². The maximum atomic E-state index is 12.9. The Morgan fingerprint density at radius 3 is 2.39 bits per heavy atom. The molecule has 1 heterocycles. The van der Waals surface area contributed by atoms with Crippen molar-refractivity contribution in [2.45, 2.75) is 19.4 Å². The standard InChI is InChI=1S/C14H18FNO2/c15-11-14(13(17)18)6-8-16(9-7-14)10-12-4-2-1-3-5-12/h1-5H,6-11H2,(H,17,18). The lowest BCUT2D eigenvalue weighted by Crippen LogP contribution is -2.45. The summed E-state index contributed by atoms with van der Waals surface area (Å²) in [5.41, 5.74) is 0.0632. The lowest BCUT2D eigenvalue weighted by molar-refractivity contribution is -0.153.